The second-order valence-electron chi connectivity index (χ2n) is 9.79. The lowest BCUT2D eigenvalue weighted by Crippen LogP contribution is -2.61. The van der Waals surface area contributed by atoms with Crippen LogP contribution in [0.2, 0.25) is 0 Å². The minimum absolute atomic E-state index is 0.508. The summed E-state index contributed by atoms with van der Waals surface area (Å²) in [5.41, 5.74) is -4.12. The highest BCUT2D eigenvalue weighted by Crippen LogP contribution is 2.53. The number of aliphatic hydroxyl groups is 2. The second kappa shape index (κ2) is 11.0. The van der Waals surface area contributed by atoms with Crippen molar-refractivity contribution in [1.29, 1.82) is 0 Å². The Hall–Kier alpha value is -5.85. The second-order valence-corrected chi connectivity index (χ2v) is 9.79. The maximum absolute atomic E-state index is 13.5. The zero-order chi connectivity index (χ0) is 33.1. The van der Waals surface area contributed by atoms with E-state index in [1.807, 2.05) is 0 Å². The van der Waals surface area contributed by atoms with E-state index in [-0.39, 0.29) is 0 Å². The van der Waals surface area contributed by atoms with Crippen molar-refractivity contribution < 1.29 is 89.5 Å². The first-order chi connectivity index (χ1) is 21.1. The van der Waals surface area contributed by atoms with Crippen LogP contribution < -0.4 is 0 Å². The van der Waals surface area contributed by atoms with Gasteiger partial charge in [-0.15, -0.1) is 0 Å². The molecule has 3 aromatic rings. The number of aromatic hydroxyl groups is 9. The number of fused-ring (bicyclic) bond motifs is 5. The molecular formula is C27H22O18. The highest BCUT2D eigenvalue weighted by atomic mass is 16.7. The van der Waals surface area contributed by atoms with Gasteiger partial charge in [0.05, 0.1) is 16.7 Å². The summed E-state index contributed by atoms with van der Waals surface area (Å²) in [5, 5.41) is 113. The zero-order valence-corrected chi connectivity index (χ0v) is 22.2. The van der Waals surface area contributed by atoms with Crippen LogP contribution in [-0.4, -0.2) is 111 Å². The summed E-state index contributed by atoms with van der Waals surface area (Å²) in [6.45, 7) is -0.947. The van der Waals surface area contributed by atoms with Gasteiger partial charge >= 0.3 is 17.9 Å². The highest BCUT2D eigenvalue weighted by molar-refractivity contribution is 6.08. The number of cyclic esters (lactones) is 1. The zero-order valence-electron chi connectivity index (χ0n) is 22.2. The number of aliphatic hydroxyl groups excluding tert-OH is 2. The molecule has 2 bridgehead atoms. The van der Waals surface area contributed by atoms with Gasteiger partial charge in [0, 0.05) is 11.1 Å². The minimum atomic E-state index is -2.22. The van der Waals surface area contributed by atoms with Crippen LogP contribution in [0.25, 0.3) is 11.1 Å². The Balaban J connectivity index is 1.61. The van der Waals surface area contributed by atoms with Crippen LogP contribution in [0.1, 0.15) is 31.1 Å². The third kappa shape index (κ3) is 5.07. The molecule has 1 saturated heterocycles. The minimum Gasteiger partial charge on any atom is -0.504 e. The van der Waals surface area contributed by atoms with E-state index in [9.17, 15) is 70.6 Å². The Morgan fingerprint density at radius 2 is 1.16 bits per heavy atom. The third-order valence-electron chi connectivity index (χ3n) is 6.99. The fourth-order valence-electron chi connectivity index (χ4n) is 4.71. The molecule has 0 spiro atoms. The Labute approximate surface area is 248 Å². The number of hydrogen-bond donors (Lipinski definition) is 11. The van der Waals surface area contributed by atoms with Crippen LogP contribution in [0.5, 0.6) is 51.7 Å². The standard InChI is InChI=1S/C27H22O18/c28-9-1-6(2-10(29)16(9)32)24(39)45-27-22(38)23-19(35)13(43-27)5-42-25(40)7-3-11(30)17(33)20(36)14(7)15-8(26(41)44-23)4-12(31)18(34)21(15)37/h1-4,13,19,22-23,27-38H,5H2/t13?,19-,22?,23?,27+/m1/s1. The molecule has 0 amide bonds. The summed E-state index contributed by atoms with van der Waals surface area (Å²) in [7, 11) is 0. The molecule has 0 aromatic heterocycles. The molecule has 18 heteroatoms. The van der Waals surface area contributed by atoms with Crippen LogP contribution in [0.3, 0.4) is 0 Å². The number of hydrogen-bond acceptors (Lipinski definition) is 18. The number of phenolic OH excluding ortho intramolecular Hbond substituents is 9. The predicted octanol–water partition coefficient (Wildman–Crippen LogP) is -0.297. The van der Waals surface area contributed by atoms with Gasteiger partial charge in [-0.25, -0.2) is 14.4 Å². The molecule has 2 heterocycles. The summed E-state index contributed by atoms with van der Waals surface area (Å²) in [5.74, 6) is -14.5. The smallest absolute Gasteiger partial charge is 0.340 e. The molecule has 0 radical (unpaired) electrons. The molecule has 1 fully saturated rings. The van der Waals surface area contributed by atoms with E-state index >= 15 is 0 Å². The summed E-state index contributed by atoms with van der Waals surface area (Å²) in [6, 6.07) is 2.45. The van der Waals surface area contributed by atoms with E-state index in [1.165, 1.54) is 0 Å². The number of benzene rings is 3. The van der Waals surface area contributed by atoms with Crippen molar-refractivity contribution in [1.82, 2.24) is 0 Å². The van der Waals surface area contributed by atoms with Gasteiger partial charge < -0.3 is 75.1 Å². The summed E-state index contributed by atoms with van der Waals surface area (Å²) in [6.07, 6.45) is -10.2. The van der Waals surface area contributed by atoms with Gasteiger partial charge in [0.25, 0.3) is 0 Å². The Bertz CT molecular complexity index is 1730. The number of phenols is 9. The first-order valence-electron chi connectivity index (χ1n) is 12.5. The monoisotopic (exact) mass is 634 g/mol. The molecule has 3 unspecified atom stereocenters. The maximum atomic E-state index is 13.5. The molecule has 2 aliphatic heterocycles. The molecule has 0 aliphatic carbocycles. The molecular weight excluding hydrogens is 612 g/mol. The summed E-state index contributed by atoms with van der Waals surface area (Å²) >= 11 is 0. The average molecular weight is 634 g/mol. The highest BCUT2D eigenvalue weighted by Gasteiger charge is 2.50. The molecule has 3 aromatic carbocycles. The van der Waals surface area contributed by atoms with E-state index < -0.39 is 135 Å². The van der Waals surface area contributed by atoms with Crippen LogP contribution in [0.15, 0.2) is 24.3 Å². The lowest BCUT2D eigenvalue weighted by atomic mass is 9.91. The lowest BCUT2D eigenvalue weighted by molar-refractivity contribution is -0.284. The molecule has 5 atom stereocenters. The summed E-state index contributed by atoms with van der Waals surface area (Å²) in [4.78, 5) is 39.4. The largest absolute Gasteiger partial charge is 0.504 e. The van der Waals surface area contributed by atoms with Gasteiger partial charge in [0.1, 0.15) is 18.8 Å². The molecule has 238 valence electrons. The SMILES string of the molecule is O=C(O[C@@H]1OC2COC(=O)c3cc(O)c(O)c(O)c3-c3c(cc(O)c(O)c3O)C(=O)OC(C1O)[C@@H]2O)c1cc(O)c(O)c(O)c1. The van der Waals surface area contributed by atoms with Crippen molar-refractivity contribution in [3.63, 3.8) is 0 Å². The Morgan fingerprint density at radius 1 is 0.667 bits per heavy atom. The number of carbonyl (C=O) groups is 3. The van der Waals surface area contributed by atoms with Crippen molar-refractivity contribution in [2.24, 2.45) is 0 Å². The average Bonchev–Trinajstić information content (AvgIpc) is 2.99. The maximum Gasteiger partial charge on any atom is 0.340 e. The Kier molecular flexibility index (Phi) is 7.49. The van der Waals surface area contributed by atoms with Crippen LogP contribution >= 0.6 is 0 Å². The van der Waals surface area contributed by atoms with E-state index in [0.29, 0.717) is 24.3 Å². The number of ether oxygens (including phenoxy) is 4. The van der Waals surface area contributed by atoms with Crippen LogP contribution in [0.4, 0.5) is 0 Å². The van der Waals surface area contributed by atoms with Crippen molar-refractivity contribution in [2.75, 3.05) is 6.61 Å². The number of carbonyl (C=O) groups excluding carboxylic acids is 3. The normalized spacial score (nSPS) is 22.9. The number of esters is 3. The third-order valence-corrected chi connectivity index (χ3v) is 6.99. The first-order valence-corrected chi connectivity index (χ1v) is 12.5. The van der Waals surface area contributed by atoms with E-state index in [4.69, 9.17) is 18.9 Å². The molecule has 2 aliphatic rings. The van der Waals surface area contributed by atoms with Crippen molar-refractivity contribution in [3.8, 4) is 62.9 Å². The fourth-order valence-corrected chi connectivity index (χ4v) is 4.71. The molecule has 5 rings (SSSR count). The number of rotatable bonds is 2. The van der Waals surface area contributed by atoms with Crippen LogP contribution in [-0.2, 0) is 18.9 Å². The molecule has 0 saturated carbocycles. The van der Waals surface area contributed by atoms with Crippen molar-refractivity contribution in [2.45, 2.75) is 30.7 Å². The van der Waals surface area contributed by atoms with Gasteiger partial charge in [-0.2, -0.15) is 0 Å². The van der Waals surface area contributed by atoms with E-state index in [0.717, 1.165) is 0 Å². The molecule has 11 N–H and O–H groups in total. The van der Waals surface area contributed by atoms with E-state index in [1.54, 1.807) is 0 Å². The molecule has 18 nitrogen and oxygen atoms in total. The lowest BCUT2D eigenvalue weighted by Gasteiger charge is -2.41. The topological polar surface area (TPSA) is 311 Å². The van der Waals surface area contributed by atoms with Crippen molar-refractivity contribution >= 4 is 17.9 Å². The predicted molar refractivity (Wildman–Crippen MR) is 139 cm³/mol. The quantitative estimate of drug-likeness (QED) is 0.0979. The fraction of sp³-hybridized carbons (Fsp3) is 0.222. The first kappa shape index (κ1) is 30.6. The van der Waals surface area contributed by atoms with Gasteiger partial charge in [0.15, 0.2) is 52.5 Å². The van der Waals surface area contributed by atoms with Crippen LogP contribution in [0, 0.1) is 0 Å². The van der Waals surface area contributed by atoms with Crippen molar-refractivity contribution in [3.05, 3.63) is 41.0 Å². The van der Waals surface area contributed by atoms with Gasteiger partial charge in [-0.3, -0.25) is 0 Å². The molecule has 45 heavy (non-hydrogen) atoms. The Morgan fingerprint density at radius 3 is 1.69 bits per heavy atom. The van der Waals surface area contributed by atoms with Gasteiger partial charge in [0.2, 0.25) is 17.8 Å². The van der Waals surface area contributed by atoms with Gasteiger partial charge in [-0.1, -0.05) is 0 Å². The van der Waals surface area contributed by atoms with E-state index in [2.05, 4.69) is 0 Å². The summed E-state index contributed by atoms with van der Waals surface area (Å²) < 4.78 is 20.8. The van der Waals surface area contributed by atoms with Gasteiger partial charge in [-0.05, 0) is 24.3 Å².